The number of aromatic nitrogens is 1. The van der Waals surface area contributed by atoms with Crippen LogP contribution in [0.25, 0.3) is 0 Å². The summed E-state index contributed by atoms with van der Waals surface area (Å²) in [5, 5.41) is 9.69. The lowest BCUT2D eigenvalue weighted by Gasteiger charge is -2.16. The summed E-state index contributed by atoms with van der Waals surface area (Å²) in [6, 6.07) is 0. The summed E-state index contributed by atoms with van der Waals surface area (Å²) in [6.07, 6.45) is 3.31. The van der Waals surface area contributed by atoms with Crippen molar-refractivity contribution < 1.29 is 14.6 Å². The predicted molar refractivity (Wildman–Crippen MR) is 61.3 cm³/mol. The molecule has 1 aliphatic rings. The number of pyridine rings is 1. The summed E-state index contributed by atoms with van der Waals surface area (Å²) in [5.41, 5.74) is 0.686. The van der Waals surface area contributed by atoms with E-state index in [1.807, 2.05) is 0 Å². The molecular formula is C12H15NO4. The number of aryl methyl sites for hydroxylation is 1. The number of fused-ring (bicyclic) bond motifs is 1. The van der Waals surface area contributed by atoms with Crippen molar-refractivity contribution in [3.63, 3.8) is 0 Å². The molecule has 17 heavy (non-hydrogen) atoms. The van der Waals surface area contributed by atoms with E-state index in [1.165, 1.54) is 0 Å². The normalized spacial score (nSPS) is 14.2. The molecule has 0 spiro atoms. The third kappa shape index (κ3) is 2.05. The minimum atomic E-state index is -0.764. The number of carbonyl (C=O) groups is 1. The van der Waals surface area contributed by atoms with Gasteiger partial charge in [0.25, 0.3) is 0 Å². The molecule has 0 unspecified atom stereocenters. The van der Waals surface area contributed by atoms with Crippen LogP contribution in [0, 0.1) is 0 Å². The van der Waals surface area contributed by atoms with Crippen LogP contribution in [0.3, 0.4) is 0 Å². The summed E-state index contributed by atoms with van der Waals surface area (Å²) < 4.78 is 4.76. The molecule has 0 saturated heterocycles. The molecule has 92 valence electrons. The molecule has 0 aromatic carbocycles. The largest absolute Gasteiger partial charge is 0.494 e. The van der Waals surface area contributed by atoms with Gasteiger partial charge >= 0.3 is 5.97 Å². The lowest BCUT2D eigenvalue weighted by atomic mass is 9.94. The number of esters is 1. The van der Waals surface area contributed by atoms with Crippen molar-refractivity contribution in [2.75, 3.05) is 6.61 Å². The molecule has 0 saturated carbocycles. The lowest BCUT2D eigenvalue weighted by molar-refractivity contribution is 0.0520. The van der Waals surface area contributed by atoms with Gasteiger partial charge in [0, 0.05) is 11.3 Å². The molecule has 1 heterocycles. The highest BCUT2D eigenvalue weighted by Crippen LogP contribution is 2.21. The van der Waals surface area contributed by atoms with Gasteiger partial charge in [0.1, 0.15) is 0 Å². The molecule has 0 radical (unpaired) electrons. The predicted octanol–water partition coefficient (Wildman–Crippen LogP) is 1.14. The van der Waals surface area contributed by atoms with Crippen LogP contribution in [0.4, 0.5) is 0 Å². The fourth-order valence-corrected chi connectivity index (χ4v) is 2.15. The Bertz CT molecular complexity index is 504. The van der Waals surface area contributed by atoms with Crippen LogP contribution in [0.1, 0.15) is 41.4 Å². The van der Waals surface area contributed by atoms with Crippen LogP contribution in [0.5, 0.6) is 5.88 Å². The highest BCUT2D eigenvalue weighted by Gasteiger charge is 2.24. The zero-order chi connectivity index (χ0) is 12.4. The van der Waals surface area contributed by atoms with Crippen molar-refractivity contribution >= 4 is 5.97 Å². The van der Waals surface area contributed by atoms with E-state index < -0.39 is 11.4 Å². The topological polar surface area (TPSA) is 79.4 Å². The summed E-state index contributed by atoms with van der Waals surface area (Å²) in [6.45, 7) is 1.83. The average molecular weight is 237 g/mol. The van der Waals surface area contributed by atoms with Crippen LogP contribution < -0.4 is 5.43 Å². The van der Waals surface area contributed by atoms with Crippen molar-refractivity contribution in [1.29, 1.82) is 0 Å². The molecule has 0 aliphatic heterocycles. The fourth-order valence-electron chi connectivity index (χ4n) is 2.15. The Balaban J connectivity index is 2.53. The maximum absolute atomic E-state index is 12.1. The number of ether oxygens (including phenoxy) is 1. The van der Waals surface area contributed by atoms with E-state index in [-0.39, 0.29) is 18.1 Å². The van der Waals surface area contributed by atoms with E-state index in [0.717, 1.165) is 25.0 Å². The third-order valence-corrected chi connectivity index (χ3v) is 2.95. The standard InChI is InChI=1S/C12H15NO4/c1-2-17-12(16)9-10(14)7-5-3-4-6-8(7)13-11(9)15/h2-6H2,1H3,(H2,13,14,15). The quantitative estimate of drug-likeness (QED) is 0.756. The Morgan fingerprint density at radius 3 is 2.82 bits per heavy atom. The molecule has 0 fully saturated rings. The second kappa shape index (κ2) is 4.61. The zero-order valence-electron chi connectivity index (χ0n) is 9.71. The number of H-pyrrole nitrogens is 1. The first-order valence-corrected chi connectivity index (χ1v) is 5.79. The monoisotopic (exact) mass is 237 g/mol. The van der Waals surface area contributed by atoms with Gasteiger partial charge in [-0.1, -0.05) is 0 Å². The smallest absolute Gasteiger partial charge is 0.347 e. The third-order valence-electron chi connectivity index (χ3n) is 2.95. The van der Waals surface area contributed by atoms with Gasteiger partial charge in [-0.2, -0.15) is 0 Å². The van der Waals surface area contributed by atoms with Gasteiger partial charge in [0.05, 0.1) is 6.61 Å². The van der Waals surface area contributed by atoms with Crippen LogP contribution >= 0.6 is 0 Å². The Morgan fingerprint density at radius 2 is 2.12 bits per heavy atom. The molecule has 5 nitrogen and oxygen atoms in total. The number of hydrogen-bond donors (Lipinski definition) is 2. The van der Waals surface area contributed by atoms with Crippen molar-refractivity contribution in [1.82, 2.24) is 4.98 Å². The molecule has 1 aliphatic carbocycles. The Labute approximate surface area is 98.4 Å². The number of carbonyl (C=O) groups excluding carboxylic acids is 1. The number of nitrogens with one attached hydrogen (secondary N) is 1. The van der Waals surface area contributed by atoms with Gasteiger partial charge < -0.3 is 14.8 Å². The van der Waals surface area contributed by atoms with Crippen molar-refractivity contribution in [2.45, 2.75) is 32.6 Å². The number of aromatic hydroxyl groups is 1. The first kappa shape index (κ1) is 11.7. The van der Waals surface area contributed by atoms with E-state index >= 15 is 0 Å². The number of rotatable bonds is 2. The fraction of sp³-hybridized carbons (Fsp3) is 0.500. The average Bonchev–Trinajstić information content (AvgIpc) is 2.29. The molecule has 0 bridgehead atoms. The molecule has 5 heteroatoms. The van der Waals surface area contributed by atoms with E-state index in [4.69, 9.17) is 4.74 Å². The van der Waals surface area contributed by atoms with Crippen LogP contribution in [-0.4, -0.2) is 22.7 Å². The van der Waals surface area contributed by atoms with Crippen molar-refractivity contribution in [2.24, 2.45) is 0 Å². The van der Waals surface area contributed by atoms with Gasteiger partial charge in [0.2, 0.25) is 11.3 Å². The zero-order valence-corrected chi connectivity index (χ0v) is 9.71. The SMILES string of the molecule is CCOC(=O)c1c(O)[nH]c2c(c1=O)CCCC2. The molecule has 0 amide bonds. The summed E-state index contributed by atoms with van der Waals surface area (Å²) in [4.78, 5) is 26.4. The lowest BCUT2D eigenvalue weighted by Crippen LogP contribution is -2.25. The number of hydrogen-bond acceptors (Lipinski definition) is 4. The first-order valence-electron chi connectivity index (χ1n) is 5.79. The molecule has 2 N–H and O–H groups in total. The van der Waals surface area contributed by atoms with E-state index in [9.17, 15) is 14.7 Å². The molecule has 1 aromatic heterocycles. The van der Waals surface area contributed by atoms with Crippen molar-refractivity contribution in [3.05, 3.63) is 27.0 Å². The second-order valence-corrected chi connectivity index (χ2v) is 4.06. The maximum atomic E-state index is 12.1. The summed E-state index contributed by atoms with van der Waals surface area (Å²) in [7, 11) is 0. The molecule has 1 aromatic rings. The minimum Gasteiger partial charge on any atom is -0.494 e. The van der Waals surface area contributed by atoms with E-state index in [0.29, 0.717) is 12.0 Å². The number of aromatic amines is 1. The van der Waals surface area contributed by atoms with Gasteiger partial charge in [-0.3, -0.25) is 4.79 Å². The highest BCUT2D eigenvalue weighted by molar-refractivity contribution is 5.91. The summed E-state index contributed by atoms with van der Waals surface area (Å²) >= 11 is 0. The van der Waals surface area contributed by atoms with E-state index in [2.05, 4.69) is 4.98 Å². The minimum absolute atomic E-state index is 0.175. The van der Waals surface area contributed by atoms with E-state index in [1.54, 1.807) is 6.92 Å². The van der Waals surface area contributed by atoms with Gasteiger partial charge in [-0.25, -0.2) is 4.79 Å². The maximum Gasteiger partial charge on any atom is 0.347 e. The molecule has 2 rings (SSSR count). The van der Waals surface area contributed by atoms with Gasteiger partial charge in [0.15, 0.2) is 5.56 Å². The first-order chi connectivity index (χ1) is 8.15. The van der Waals surface area contributed by atoms with Crippen LogP contribution in [-0.2, 0) is 17.6 Å². The van der Waals surface area contributed by atoms with Crippen LogP contribution in [0.2, 0.25) is 0 Å². The molecule has 0 atom stereocenters. The summed E-state index contributed by atoms with van der Waals surface area (Å²) in [5.74, 6) is -1.14. The highest BCUT2D eigenvalue weighted by atomic mass is 16.5. The molecular weight excluding hydrogens is 222 g/mol. The van der Waals surface area contributed by atoms with Crippen LogP contribution in [0.15, 0.2) is 4.79 Å². The second-order valence-electron chi connectivity index (χ2n) is 4.06. The van der Waals surface area contributed by atoms with Gasteiger partial charge in [-0.05, 0) is 32.6 Å². The van der Waals surface area contributed by atoms with Gasteiger partial charge in [-0.15, -0.1) is 0 Å². The Kier molecular flexibility index (Phi) is 3.17. The van der Waals surface area contributed by atoms with Crippen molar-refractivity contribution in [3.8, 4) is 5.88 Å². The Hall–Kier alpha value is -1.78. The Morgan fingerprint density at radius 1 is 1.41 bits per heavy atom.